The van der Waals surface area contributed by atoms with Gasteiger partial charge in [-0.2, -0.15) is 0 Å². The first-order chi connectivity index (χ1) is 8.27. The summed E-state index contributed by atoms with van der Waals surface area (Å²) in [5, 5.41) is 3.31. The third-order valence-corrected chi connectivity index (χ3v) is 2.75. The van der Waals surface area contributed by atoms with E-state index >= 15 is 0 Å². The van der Waals surface area contributed by atoms with E-state index in [0.29, 0.717) is 0 Å². The molecule has 3 heteroatoms. The summed E-state index contributed by atoms with van der Waals surface area (Å²) in [6.07, 6.45) is 9.09. The van der Waals surface area contributed by atoms with Gasteiger partial charge < -0.3 is 15.8 Å². The van der Waals surface area contributed by atoms with Gasteiger partial charge in [-0.25, -0.2) is 0 Å². The van der Waals surface area contributed by atoms with E-state index in [1.807, 2.05) is 6.92 Å². The van der Waals surface area contributed by atoms with Crippen molar-refractivity contribution in [1.29, 1.82) is 0 Å². The third kappa shape index (κ3) is 15.9. The molecule has 0 aromatic heterocycles. The number of rotatable bonds is 13. The van der Waals surface area contributed by atoms with Crippen LogP contribution < -0.4 is 11.1 Å². The van der Waals surface area contributed by atoms with E-state index in [4.69, 9.17) is 10.5 Å². The second-order valence-corrected chi connectivity index (χ2v) is 4.92. The third-order valence-electron chi connectivity index (χ3n) is 2.75. The molecule has 104 valence electrons. The van der Waals surface area contributed by atoms with E-state index in [9.17, 15) is 0 Å². The average Bonchev–Trinajstić information content (AvgIpc) is 2.30. The number of nitrogens with two attached hydrogens (primary N) is 1. The van der Waals surface area contributed by atoms with Crippen molar-refractivity contribution in [2.24, 2.45) is 5.73 Å². The van der Waals surface area contributed by atoms with Crippen molar-refractivity contribution in [2.75, 3.05) is 26.3 Å². The molecule has 0 aromatic rings. The Labute approximate surface area is 107 Å². The van der Waals surface area contributed by atoms with E-state index in [-0.39, 0.29) is 6.04 Å². The second-order valence-electron chi connectivity index (χ2n) is 4.92. The maximum absolute atomic E-state index is 5.63. The van der Waals surface area contributed by atoms with Crippen molar-refractivity contribution < 1.29 is 4.74 Å². The molecule has 0 heterocycles. The van der Waals surface area contributed by atoms with Crippen molar-refractivity contribution in [3.8, 4) is 0 Å². The molecule has 0 aromatic carbocycles. The predicted molar refractivity (Wildman–Crippen MR) is 75.3 cm³/mol. The molecule has 0 spiro atoms. The maximum Gasteiger partial charge on any atom is 0.0478 e. The van der Waals surface area contributed by atoms with Gasteiger partial charge in [0, 0.05) is 25.8 Å². The van der Waals surface area contributed by atoms with Gasteiger partial charge in [0.15, 0.2) is 0 Å². The summed E-state index contributed by atoms with van der Waals surface area (Å²) in [4.78, 5) is 0. The van der Waals surface area contributed by atoms with Gasteiger partial charge in [-0.15, -0.1) is 0 Å². The van der Waals surface area contributed by atoms with Crippen LogP contribution in [0.25, 0.3) is 0 Å². The fourth-order valence-electron chi connectivity index (χ4n) is 1.72. The van der Waals surface area contributed by atoms with Crippen LogP contribution in [0.1, 0.15) is 58.8 Å². The van der Waals surface area contributed by atoms with Crippen LogP contribution in [0.2, 0.25) is 0 Å². The first-order valence-electron chi connectivity index (χ1n) is 7.31. The molecular weight excluding hydrogens is 212 g/mol. The standard InChI is InChI=1S/C14H32N2O/c1-3-4-5-6-7-8-11-17-12-9-10-16-13-14(2)15/h14,16H,3-13,15H2,1-2H3. The Morgan fingerprint density at radius 3 is 2.35 bits per heavy atom. The molecule has 0 fully saturated rings. The first kappa shape index (κ1) is 16.9. The van der Waals surface area contributed by atoms with Crippen molar-refractivity contribution in [3.05, 3.63) is 0 Å². The van der Waals surface area contributed by atoms with Crippen molar-refractivity contribution >= 4 is 0 Å². The Bertz CT molecular complexity index is 140. The molecule has 1 unspecified atom stereocenters. The molecular formula is C14H32N2O. The molecule has 17 heavy (non-hydrogen) atoms. The maximum atomic E-state index is 5.63. The second kappa shape index (κ2) is 13.9. The Kier molecular flexibility index (Phi) is 13.8. The molecule has 0 bridgehead atoms. The molecule has 0 aliphatic carbocycles. The zero-order valence-corrected chi connectivity index (χ0v) is 11.8. The fourth-order valence-corrected chi connectivity index (χ4v) is 1.72. The average molecular weight is 244 g/mol. The molecule has 0 saturated heterocycles. The van der Waals surface area contributed by atoms with Crippen LogP contribution in [0.15, 0.2) is 0 Å². The monoisotopic (exact) mass is 244 g/mol. The zero-order valence-electron chi connectivity index (χ0n) is 11.8. The highest BCUT2D eigenvalue weighted by molar-refractivity contribution is 4.56. The lowest BCUT2D eigenvalue weighted by Gasteiger charge is -2.07. The molecule has 3 N–H and O–H groups in total. The number of nitrogens with one attached hydrogen (secondary N) is 1. The Morgan fingerprint density at radius 1 is 1.00 bits per heavy atom. The molecule has 0 aliphatic heterocycles. The first-order valence-corrected chi connectivity index (χ1v) is 7.31. The zero-order chi connectivity index (χ0) is 12.8. The summed E-state index contributed by atoms with van der Waals surface area (Å²) in [6, 6.07) is 0.249. The van der Waals surface area contributed by atoms with Crippen molar-refractivity contribution in [2.45, 2.75) is 64.8 Å². The van der Waals surface area contributed by atoms with Crippen LogP contribution in [-0.2, 0) is 4.74 Å². The fraction of sp³-hybridized carbons (Fsp3) is 1.00. The molecule has 0 radical (unpaired) electrons. The van der Waals surface area contributed by atoms with Gasteiger partial charge in [-0.1, -0.05) is 39.0 Å². The van der Waals surface area contributed by atoms with Crippen molar-refractivity contribution in [3.63, 3.8) is 0 Å². The van der Waals surface area contributed by atoms with E-state index in [2.05, 4.69) is 12.2 Å². The lowest BCUT2D eigenvalue weighted by atomic mass is 10.1. The molecule has 0 aliphatic rings. The molecule has 0 amide bonds. The van der Waals surface area contributed by atoms with Crippen LogP contribution in [-0.4, -0.2) is 32.3 Å². The summed E-state index contributed by atoms with van der Waals surface area (Å²) < 4.78 is 5.58. The van der Waals surface area contributed by atoms with Gasteiger partial charge in [-0.3, -0.25) is 0 Å². The van der Waals surface area contributed by atoms with Crippen LogP contribution in [0, 0.1) is 0 Å². The predicted octanol–water partition coefficient (Wildman–Crippen LogP) is 2.69. The van der Waals surface area contributed by atoms with Gasteiger partial charge in [0.2, 0.25) is 0 Å². The lowest BCUT2D eigenvalue weighted by molar-refractivity contribution is 0.127. The van der Waals surface area contributed by atoms with E-state index in [1.165, 1.54) is 38.5 Å². The molecule has 0 saturated carbocycles. The SMILES string of the molecule is CCCCCCCCOCCCNCC(C)N. The van der Waals surface area contributed by atoms with Gasteiger partial charge in [-0.05, 0) is 26.3 Å². The number of hydrogen-bond donors (Lipinski definition) is 2. The van der Waals surface area contributed by atoms with Gasteiger partial charge in [0.1, 0.15) is 0 Å². The Balaban J connectivity index is 2.89. The Hall–Kier alpha value is -0.120. The normalized spacial score (nSPS) is 12.9. The topological polar surface area (TPSA) is 47.3 Å². The van der Waals surface area contributed by atoms with Crippen LogP contribution in [0.4, 0.5) is 0 Å². The summed E-state index contributed by atoms with van der Waals surface area (Å²) in [5.41, 5.74) is 5.63. The van der Waals surface area contributed by atoms with Gasteiger partial charge in [0.05, 0.1) is 0 Å². The number of unbranched alkanes of at least 4 members (excludes halogenated alkanes) is 5. The van der Waals surface area contributed by atoms with Gasteiger partial charge in [0.25, 0.3) is 0 Å². The molecule has 1 atom stereocenters. The molecule has 3 nitrogen and oxygen atoms in total. The lowest BCUT2D eigenvalue weighted by Crippen LogP contribution is -2.31. The van der Waals surface area contributed by atoms with E-state index < -0.39 is 0 Å². The van der Waals surface area contributed by atoms with E-state index in [0.717, 1.165) is 32.7 Å². The largest absolute Gasteiger partial charge is 0.381 e. The summed E-state index contributed by atoms with van der Waals surface area (Å²) in [5.74, 6) is 0. The highest BCUT2D eigenvalue weighted by Gasteiger charge is 1.94. The number of hydrogen-bond acceptors (Lipinski definition) is 3. The van der Waals surface area contributed by atoms with Crippen molar-refractivity contribution in [1.82, 2.24) is 5.32 Å². The summed E-state index contributed by atoms with van der Waals surface area (Å²) in [7, 11) is 0. The van der Waals surface area contributed by atoms with Crippen LogP contribution in [0.5, 0.6) is 0 Å². The quantitative estimate of drug-likeness (QED) is 0.490. The highest BCUT2D eigenvalue weighted by Crippen LogP contribution is 2.04. The minimum Gasteiger partial charge on any atom is -0.381 e. The smallest absolute Gasteiger partial charge is 0.0478 e. The van der Waals surface area contributed by atoms with Gasteiger partial charge >= 0.3 is 0 Å². The molecule has 0 rings (SSSR count). The van der Waals surface area contributed by atoms with Crippen LogP contribution in [0.3, 0.4) is 0 Å². The van der Waals surface area contributed by atoms with E-state index in [1.54, 1.807) is 0 Å². The van der Waals surface area contributed by atoms with Crippen LogP contribution >= 0.6 is 0 Å². The Morgan fingerprint density at radius 2 is 1.65 bits per heavy atom. The number of ether oxygens (including phenoxy) is 1. The minimum absolute atomic E-state index is 0.249. The highest BCUT2D eigenvalue weighted by atomic mass is 16.5. The minimum atomic E-state index is 0.249. The summed E-state index contributed by atoms with van der Waals surface area (Å²) >= 11 is 0. The summed E-state index contributed by atoms with van der Waals surface area (Å²) in [6.45, 7) is 7.99.